The van der Waals surface area contributed by atoms with Crippen molar-refractivity contribution in [3.05, 3.63) is 65.2 Å². The van der Waals surface area contributed by atoms with Gasteiger partial charge >= 0.3 is 0 Å². The first kappa shape index (κ1) is 11.3. The Bertz CT molecular complexity index is 579. The van der Waals surface area contributed by atoms with Crippen LogP contribution in [0.2, 0.25) is 0 Å². The van der Waals surface area contributed by atoms with Crippen LogP contribution in [0.5, 0.6) is 5.75 Å². The van der Waals surface area contributed by atoms with Crippen LogP contribution in [0, 0.1) is 0 Å². The lowest BCUT2D eigenvalue weighted by Crippen LogP contribution is -2.35. The lowest BCUT2D eigenvalue weighted by molar-refractivity contribution is 0.393. The van der Waals surface area contributed by atoms with E-state index in [2.05, 4.69) is 30.3 Å². The van der Waals surface area contributed by atoms with Crippen LogP contribution in [0.4, 0.5) is 0 Å². The molecule has 0 heterocycles. The Labute approximate surface area is 107 Å². The zero-order valence-electron chi connectivity index (χ0n) is 10.5. The van der Waals surface area contributed by atoms with Crippen molar-refractivity contribution < 1.29 is 4.74 Å². The molecule has 2 aromatic rings. The van der Waals surface area contributed by atoms with E-state index in [1.807, 2.05) is 18.2 Å². The van der Waals surface area contributed by atoms with Crippen LogP contribution in [-0.4, -0.2) is 7.11 Å². The topological polar surface area (TPSA) is 35.2 Å². The van der Waals surface area contributed by atoms with Gasteiger partial charge in [-0.3, -0.25) is 0 Å². The van der Waals surface area contributed by atoms with E-state index in [1.165, 1.54) is 11.1 Å². The Kier molecular flexibility index (Phi) is 2.60. The van der Waals surface area contributed by atoms with Crippen molar-refractivity contribution in [1.29, 1.82) is 0 Å². The molecule has 2 aromatic carbocycles. The average molecular weight is 239 g/mol. The third kappa shape index (κ3) is 1.53. The summed E-state index contributed by atoms with van der Waals surface area (Å²) in [4.78, 5) is 0. The van der Waals surface area contributed by atoms with E-state index < -0.39 is 5.54 Å². The fraction of sp³-hybridized carbons (Fsp3) is 0.250. The van der Waals surface area contributed by atoms with Gasteiger partial charge in [-0.1, -0.05) is 42.5 Å². The first-order valence-corrected chi connectivity index (χ1v) is 6.26. The number of benzene rings is 2. The number of nitrogens with two attached hydrogens (primary N) is 1. The number of hydrogen-bond acceptors (Lipinski definition) is 2. The van der Waals surface area contributed by atoms with Crippen LogP contribution in [0.3, 0.4) is 0 Å². The van der Waals surface area contributed by atoms with E-state index in [1.54, 1.807) is 7.11 Å². The molecular formula is C16H17NO. The van der Waals surface area contributed by atoms with Crippen LogP contribution in [-0.2, 0) is 12.0 Å². The Hall–Kier alpha value is -1.80. The molecule has 0 aromatic heterocycles. The van der Waals surface area contributed by atoms with E-state index in [0.29, 0.717) is 0 Å². The Balaban J connectivity index is 2.17. The molecule has 0 aliphatic heterocycles. The smallest absolute Gasteiger partial charge is 0.124 e. The summed E-state index contributed by atoms with van der Waals surface area (Å²) in [6.45, 7) is 0. The summed E-state index contributed by atoms with van der Waals surface area (Å²) in [5, 5.41) is 0. The van der Waals surface area contributed by atoms with Gasteiger partial charge in [0.2, 0.25) is 0 Å². The van der Waals surface area contributed by atoms with Gasteiger partial charge in [-0.05, 0) is 30.0 Å². The van der Waals surface area contributed by atoms with Gasteiger partial charge in [0.1, 0.15) is 5.75 Å². The molecule has 0 fully saturated rings. The average Bonchev–Trinajstić information content (AvgIpc) is 2.78. The molecule has 3 rings (SSSR count). The molecule has 1 atom stereocenters. The lowest BCUT2D eigenvalue weighted by Gasteiger charge is -2.27. The molecule has 0 radical (unpaired) electrons. The first-order chi connectivity index (χ1) is 8.75. The number of methoxy groups -OCH3 is 1. The minimum absolute atomic E-state index is 0.413. The summed E-state index contributed by atoms with van der Waals surface area (Å²) in [7, 11) is 1.70. The molecule has 0 saturated heterocycles. The van der Waals surface area contributed by atoms with E-state index in [4.69, 9.17) is 10.5 Å². The molecule has 2 heteroatoms. The predicted molar refractivity (Wildman–Crippen MR) is 72.7 cm³/mol. The molecule has 18 heavy (non-hydrogen) atoms. The highest BCUT2D eigenvalue weighted by molar-refractivity contribution is 5.51. The number of ether oxygens (including phenoxy) is 1. The third-order valence-electron chi connectivity index (χ3n) is 3.87. The molecule has 92 valence electrons. The zero-order valence-corrected chi connectivity index (χ0v) is 10.5. The number of aryl methyl sites for hydroxylation is 1. The van der Waals surface area contributed by atoms with E-state index >= 15 is 0 Å². The maximum atomic E-state index is 6.69. The zero-order chi connectivity index (χ0) is 12.6. The van der Waals surface area contributed by atoms with Gasteiger partial charge < -0.3 is 10.5 Å². The Morgan fingerprint density at radius 1 is 1.00 bits per heavy atom. The van der Waals surface area contributed by atoms with Crippen LogP contribution in [0.15, 0.2) is 48.5 Å². The minimum Gasteiger partial charge on any atom is -0.496 e. The second-order valence-electron chi connectivity index (χ2n) is 4.83. The third-order valence-corrected chi connectivity index (χ3v) is 3.87. The molecule has 1 unspecified atom stereocenters. The molecule has 1 aliphatic carbocycles. The summed E-state index contributed by atoms with van der Waals surface area (Å²) in [5.41, 5.74) is 9.94. The molecule has 2 nitrogen and oxygen atoms in total. The normalized spacial score (nSPS) is 21.7. The van der Waals surface area contributed by atoms with Crippen molar-refractivity contribution >= 4 is 0 Å². The fourth-order valence-corrected chi connectivity index (χ4v) is 2.93. The predicted octanol–water partition coefficient (Wildman–Crippen LogP) is 2.84. The van der Waals surface area contributed by atoms with Crippen molar-refractivity contribution in [3.8, 4) is 5.75 Å². The Morgan fingerprint density at radius 3 is 2.44 bits per heavy atom. The van der Waals surface area contributed by atoms with Gasteiger partial charge in [0, 0.05) is 5.56 Å². The first-order valence-electron chi connectivity index (χ1n) is 6.26. The van der Waals surface area contributed by atoms with Crippen molar-refractivity contribution in [2.24, 2.45) is 5.73 Å². The van der Waals surface area contributed by atoms with E-state index in [0.717, 1.165) is 24.2 Å². The summed E-state index contributed by atoms with van der Waals surface area (Å²) in [6, 6.07) is 16.5. The van der Waals surface area contributed by atoms with Crippen LogP contribution in [0.1, 0.15) is 23.1 Å². The lowest BCUT2D eigenvalue weighted by atomic mass is 9.84. The Morgan fingerprint density at radius 2 is 1.67 bits per heavy atom. The molecule has 0 spiro atoms. The highest BCUT2D eigenvalue weighted by Crippen LogP contribution is 2.42. The van der Waals surface area contributed by atoms with Crippen molar-refractivity contribution in [1.82, 2.24) is 0 Å². The molecule has 1 aliphatic rings. The van der Waals surface area contributed by atoms with Crippen molar-refractivity contribution in [2.45, 2.75) is 18.4 Å². The van der Waals surface area contributed by atoms with Gasteiger partial charge in [-0.2, -0.15) is 0 Å². The number of para-hydroxylation sites is 1. The second-order valence-corrected chi connectivity index (χ2v) is 4.83. The summed E-state index contributed by atoms with van der Waals surface area (Å²) < 4.78 is 5.46. The van der Waals surface area contributed by atoms with Crippen LogP contribution in [0.25, 0.3) is 0 Å². The van der Waals surface area contributed by atoms with Crippen LogP contribution < -0.4 is 10.5 Å². The summed E-state index contributed by atoms with van der Waals surface area (Å²) in [6.07, 6.45) is 1.97. The molecular weight excluding hydrogens is 222 g/mol. The number of hydrogen-bond donors (Lipinski definition) is 1. The van der Waals surface area contributed by atoms with Crippen molar-refractivity contribution in [2.75, 3.05) is 7.11 Å². The SMILES string of the molecule is COc1ccccc1C1(N)CCc2ccccc21. The maximum absolute atomic E-state index is 6.69. The van der Waals surface area contributed by atoms with Gasteiger partial charge in [0.05, 0.1) is 12.6 Å². The largest absolute Gasteiger partial charge is 0.496 e. The van der Waals surface area contributed by atoms with Gasteiger partial charge in [-0.15, -0.1) is 0 Å². The molecule has 0 saturated carbocycles. The number of rotatable bonds is 2. The van der Waals surface area contributed by atoms with Crippen molar-refractivity contribution in [3.63, 3.8) is 0 Å². The molecule has 2 N–H and O–H groups in total. The standard InChI is InChI=1S/C16H17NO/c1-18-15-9-5-4-8-14(15)16(17)11-10-12-6-2-3-7-13(12)16/h2-9H,10-11,17H2,1H3. The molecule has 0 bridgehead atoms. The van der Waals surface area contributed by atoms with E-state index in [9.17, 15) is 0 Å². The summed E-state index contributed by atoms with van der Waals surface area (Å²) >= 11 is 0. The summed E-state index contributed by atoms with van der Waals surface area (Å²) in [5.74, 6) is 0.872. The van der Waals surface area contributed by atoms with Gasteiger partial charge in [0.25, 0.3) is 0 Å². The monoisotopic (exact) mass is 239 g/mol. The minimum atomic E-state index is -0.413. The quantitative estimate of drug-likeness (QED) is 0.874. The number of fused-ring (bicyclic) bond motifs is 1. The fourth-order valence-electron chi connectivity index (χ4n) is 2.93. The van der Waals surface area contributed by atoms with Gasteiger partial charge in [-0.25, -0.2) is 0 Å². The van der Waals surface area contributed by atoms with E-state index in [-0.39, 0.29) is 0 Å². The highest BCUT2D eigenvalue weighted by Gasteiger charge is 2.38. The van der Waals surface area contributed by atoms with Gasteiger partial charge in [0.15, 0.2) is 0 Å². The molecule has 0 amide bonds. The van der Waals surface area contributed by atoms with Crippen LogP contribution >= 0.6 is 0 Å². The highest BCUT2D eigenvalue weighted by atomic mass is 16.5. The second kappa shape index (κ2) is 4.14. The maximum Gasteiger partial charge on any atom is 0.124 e.